The zero-order valence-electron chi connectivity index (χ0n) is 20.4. The molecule has 2 fully saturated rings. The molecule has 0 radical (unpaired) electrons. The molecule has 2 heterocycles. The van der Waals surface area contributed by atoms with Crippen LogP contribution in [-0.4, -0.2) is 64.8 Å². The van der Waals surface area contributed by atoms with E-state index in [9.17, 15) is 10.2 Å². The first kappa shape index (κ1) is 25.1. The van der Waals surface area contributed by atoms with Gasteiger partial charge in [-0.25, -0.2) is 0 Å². The van der Waals surface area contributed by atoms with E-state index >= 15 is 0 Å². The van der Waals surface area contributed by atoms with Gasteiger partial charge in [0, 0.05) is 6.04 Å². The maximum Gasteiger partial charge on any atom is 0.103 e. The number of aliphatic hydroxyl groups is 2. The minimum atomic E-state index is -0.616. The predicted molar refractivity (Wildman–Crippen MR) is 137 cm³/mol. The van der Waals surface area contributed by atoms with Gasteiger partial charge < -0.3 is 24.4 Å². The molecular formula is C30H35NO5. The molecular weight excluding hydrogens is 454 g/mol. The highest BCUT2D eigenvalue weighted by Crippen LogP contribution is 2.41. The van der Waals surface area contributed by atoms with E-state index in [1.807, 2.05) is 78.9 Å². The number of hydrogen-bond acceptors (Lipinski definition) is 6. The molecule has 5 rings (SSSR count). The Morgan fingerprint density at radius 3 is 1.69 bits per heavy atom. The highest BCUT2D eigenvalue weighted by Gasteiger charge is 2.58. The largest absolute Gasteiger partial charge is 0.395 e. The molecule has 2 aliphatic heterocycles. The summed E-state index contributed by atoms with van der Waals surface area (Å²) in [6, 6.07) is 29.7. The van der Waals surface area contributed by atoms with Crippen LogP contribution in [0.4, 0.5) is 0 Å². The lowest BCUT2D eigenvalue weighted by Gasteiger charge is -2.32. The highest BCUT2D eigenvalue weighted by molar-refractivity contribution is 5.17. The van der Waals surface area contributed by atoms with E-state index in [0.717, 1.165) is 16.7 Å². The average Bonchev–Trinajstić information content (AvgIpc) is 3.39. The number of rotatable bonds is 11. The molecule has 36 heavy (non-hydrogen) atoms. The molecule has 2 N–H and O–H groups in total. The van der Waals surface area contributed by atoms with Gasteiger partial charge in [0.2, 0.25) is 0 Å². The van der Waals surface area contributed by atoms with Crippen molar-refractivity contribution in [3.8, 4) is 0 Å². The molecule has 2 saturated heterocycles. The first-order valence-corrected chi connectivity index (χ1v) is 12.7. The molecule has 0 amide bonds. The summed E-state index contributed by atoms with van der Waals surface area (Å²) in [5, 5.41) is 20.9. The van der Waals surface area contributed by atoms with Crippen LogP contribution in [0.2, 0.25) is 0 Å². The van der Waals surface area contributed by atoms with Crippen LogP contribution < -0.4 is 0 Å². The Morgan fingerprint density at radius 2 is 1.17 bits per heavy atom. The van der Waals surface area contributed by atoms with Gasteiger partial charge in [-0.05, 0) is 23.1 Å². The second kappa shape index (κ2) is 12.1. The third-order valence-electron chi connectivity index (χ3n) is 7.32. The summed E-state index contributed by atoms with van der Waals surface area (Å²) < 4.78 is 19.3. The summed E-state index contributed by atoms with van der Waals surface area (Å²) in [6.45, 7) is 1.70. The Balaban J connectivity index is 1.37. The molecule has 3 aromatic carbocycles. The molecule has 0 saturated carbocycles. The van der Waals surface area contributed by atoms with Crippen molar-refractivity contribution in [3.63, 3.8) is 0 Å². The van der Waals surface area contributed by atoms with Gasteiger partial charge in [-0.1, -0.05) is 91.0 Å². The maximum absolute atomic E-state index is 10.8. The van der Waals surface area contributed by atoms with Crippen molar-refractivity contribution in [2.24, 2.45) is 0 Å². The fourth-order valence-electron chi connectivity index (χ4n) is 5.59. The Kier molecular flexibility index (Phi) is 8.43. The van der Waals surface area contributed by atoms with Crippen LogP contribution >= 0.6 is 0 Å². The van der Waals surface area contributed by atoms with E-state index in [0.29, 0.717) is 32.8 Å². The van der Waals surface area contributed by atoms with E-state index < -0.39 is 6.10 Å². The average molecular weight is 490 g/mol. The van der Waals surface area contributed by atoms with Crippen LogP contribution in [0.15, 0.2) is 91.0 Å². The van der Waals surface area contributed by atoms with Crippen LogP contribution in [0.3, 0.4) is 0 Å². The zero-order chi connectivity index (χ0) is 24.7. The molecule has 0 spiro atoms. The van der Waals surface area contributed by atoms with Gasteiger partial charge in [-0.2, -0.15) is 0 Å². The van der Waals surface area contributed by atoms with Crippen molar-refractivity contribution in [2.45, 2.75) is 62.7 Å². The van der Waals surface area contributed by atoms with Crippen LogP contribution in [0.5, 0.6) is 0 Å². The summed E-state index contributed by atoms with van der Waals surface area (Å²) in [5.74, 6) is 0. The monoisotopic (exact) mass is 489 g/mol. The lowest BCUT2D eigenvalue weighted by molar-refractivity contribution is -0.0929. The first-order chi connectivity index (χ1) is 17.7. The summed E-state index contributed by atoms with van der Waals surface area (Å²) in [6.07, 6.45) is -0.610. The second-order valence-corrected chi connectivity index (χ2v) is 9.66. The van der Waals surface area contributed by atoms with Gasteiger partial charge in [0.05, 0.1) is 51.2 Å². The minimum Gasteiger partial charge on any atom is -0.395 e. The van der Waals surface area contributed by atoms with Crippen molar-refractivity contribution in [1.29, 1.82) is 0 Å². The third kappa shape index (κ3) is 5.70. The summed E-state index contributed by atoms with van der Waals surface area (Å²) in [5.41, 5.74) is 3.28. The highest BCUT2D eigenvalue weighted by atomic mass is 16.5. The molecule has 3 aromatic rings. The van der Waals surface area contributed by atoms with Crippen molar-refractivity contribution >= 4 is 0 Å². The molecule has 0 unspecified atom stereocenters. The van der Waals surface area contributed by atoms with Crippen LogP contribution in [0, 0.1) is 0 Å². The van der Waals surface area contributed by atoms with E-state index in [-0.39, 0.29) is 36.9 Å². The van der Waals surface area contributed by atoms with Crippen LogP contribution in [-0.2, 0) is 34.0 Å². The van der Waals surface area contributed by atoms with Crippen molar-refractivity contribution in [2.75, 3.05) is 13.2 Å². The van der Waals surface area contributed by atoms with E-state index in [1.54, 1.807) is 0 Å². The van der Waals surface area contributed by atoms with Gasteiger partial charge in [-0.3, -0.25) is 4.90 Å². The number of ether oxygens (including phenoxy) is 3. The van der Waals surface area contributed by atoms with Crippen molar-refractivity contribution < 1.29 is 24.4 Å². The Bertz CT molecular complexity index is 1050. The number of fused-ring (bicyclic) bond motifs is 1. The second-order valence-electron chi connectivity index (χ2n) is 9.66. The molecule has 0 bridgehead atoms. The summed E-state index contributed by atoms with van der Waals surface area (Å²) in [4.78, 5) is 2.20. The van der Waals surface area contributed by atoms with Crippen molar-refractivity contribution in [3.05, 3.63) is 108 Å². The van der Waals surface area contributed by atoms with Crippen molar-refractivity contribution in [1.82, 2.24) is 4.90 Å². The predicted octanol–water partition coefficient (Wildman–Crippen LogP) is 3.55. The zero-order valence-corrected chi connectivity index (χ0v) is 20.4. The van der Waals surface area contributed by atoms with Crippen LogP contribution in [0.1, 0.15) is 23.1 Å². The molecule has 0 aromatic heterocycles. The molecule has 6 nitrogen and oxygen atoms in total. The number of nitrogens with zero attached hydrogens (tertiary/aromatic N) is 1. The normalized spacial score (nSPS) is 27.8. The molecule has 6 atom stereocenters. The number of hydrogen-bond donors (Lipinski definition) is 2. The molecule has 6 heteroatoms. The molecule has 0 aliphatic carbocycles. The SMILES string of the molecule is OC[C@H]1[C@H](O)C[C@@H]2[C@@H](OCc3ccccc3)[C@H](OCc3ccccc3)[C@@H](COCc3ccccc3)N21. The Morgan fingerprint density at radius 1 is 0.667 bits per heavy atom. The summed E-state index contributed by atoms with van der Waals surface area (Å²) >= 11 is 0. The first-order valence-electron chi connectivity index (χ1n) is 12.7. The quantitative estimate of drug-likeness (QED) is 0.429. The lowest BCUT2D eigenvalue weighted by Crippen LogP contribution is -2.49. The fourth-order valence-corrected chi connectivity index (χ4v) is 5.59. The van der Waals surface area contributed by atoms with E-state index in [2.05, 4.69) is 17.0 Å². The Labute approximate surface area is 213 Å². The fraction of sp³-hybridized carbons (Fsp3) is 0.400. The van der Waals surface area contributed by atoms with Gasteiger partial charge >= 0.3 is 0 Å². The van der Waals surface area contributed by atoms with Gasteiger partial charge in [-0.15, -0.1) is 0 Å². The van der Waals surface area contributed by atoms with Gasteiger partial charge in [0.1, 0.15) is 12.2 Å². The van der Waals surface area contributed by atoms with E-state index in [4.69, 9.17) is 14.2 Å². The standard InChI is InChI=1S/C30H35NO5/c32-17-26-28(33)16-25-29(35-19-23-12-6-2-7-13-23)30(36-20-24-14-8-3-9-15-24)27(31(25)26)21-34-18-22-10-4-1-5-11-22/h1-15,25-30,32-33H,16-21H2/t25-,26+,27-,28-,29-,30-/m1/s1. The smallest absolute Gasteiger partial charge is 0.103 e. The molecule has 2 aliphatic rings. The topological polar surface area (TPSA) is 71.4 Å². The minimum absolute atomic E-state index is 0.0630. The van der Waals surface area contributed by atoms with Gasteiger partial charge in [0.25, 0.3) is 0 Å². The number of benzene rings is 3. The number of aliphatic hydroxyl groups excluding tert-OH is 2. The van der Waals surface area contributed by atoms with E-state index in [1.165, 1.54) is 0 Å². The lowest BCUT2D eigenvalue weighted by atomic mass is 10.0. The maximum atomic E-state index is 10.8. The van der Waals surface area contributed by atoms with Gasteiger partial charge in [0.15, 0.2) is 0 Å². The third-order valence-corrected chi connectivity index (χ3v) is 7.32. The molecule has 190 valence electrons. The Hall–Kier alpha value is -2.58. The van der Waals surface area contributed by atoms with Crippen LogP contribution in [0.25, 0.3) is 0 Å². The summed E-state index contributed by atoms with van der Waals surface area (Å²) in [7, 11) is 0.